The first kappa shape index (κ1) is 12.4. The Morgan fingerprint density at radius 3 is 2.94 bits per heavy atom. The van der Waals surface area contributed by atoms with E-state index in [1.54, 1.807) is 0 Å². The van der Waals surface area contributed by atoms with E-state index in [-0.39, 0.29) is 12.1 Å². The Morgan fingerprint density at radius 2 is 2.24 bits per heavy atom. The normalized spacial score (nSPS) is 22.1. The van der Waals surface area contributed by atoms with Crippen molar-refractivity contribution in [3.63, 3.8) is 0 Å². The van der Waals surface area contributed by atoms with Gasteiger partial charge in [0.05, 0.1) is 6.10 Å². The van der Waals surface area contributed by atoms with E-state index in [9.17, 15) is 0 Å². The highest BCUT2D eigenvalue weighted by Gasteiger charge is 2.15. The van der Waals surface area contributed by atoms with Crippen LogP contribution in [0.3, 0.4) is 0 Å². The molecule has 3 nitrogen and oxygen atoms in total. The van der Waals surface area contributed by atoms with E-state index in [0.717, 1.165) is 24.3 Å². The van der Waals surface area contributed by atoms with Crippen LogP contribution in [-0.2, 0) is 4.74 Å². The largest absolute Gasteiger partial charge is 0.491 e. The van der Waals surface area contributed by atoms with Gasteiger partial charge in [-0.3, -0.25) is 0 Å². The van der Waals surface area contributed by atoms with Gasteiger partial charge >= 0.3 is 0 Å². The lowest BCUT2D eigenvalue weighted by atomic mass is 10.1. The maximum Gasteiger partial charge on any atom is 0.124 e. The summed E-state index contributed by atoms with van der Waals surface area (Å²) in [5, 5.41) is 0. The lowest BCUT2D eigenvalue weighted by Gasteiger charge is -2.23. The molecule has 1 aromatic carbocycles. The molecule has 0 spiro atoms. The van der Waals surface area contributed by atoms with Gasteiger partial charge < -0.3 is 15.2 Å². The standard InChI is InChI=1S/C14H21NO2/c1-11(15)13-7-2-3-8-14(13)17-10-12-6-4-5-9-16-12/h2-3,7-8,11-12H,4-6,9-10,15H2,1H3/t11-,12?/m0/s1. The molecule has 2 rings (SSSR count). The predicted octanol–water partition coefficient (Wildman–Crippen LogP) is 2.65. The minimum atomic E-state index is -0.00141. The topological polar surface area (TPSA) is 44.5 Å². The van der Waals surface area contributed by atoms with E-state index in [0.29, 0.717) is 6.61 Å². The molecule has 2 atom stereocenters. The zero-order chi connectivity index (χ0) is 12.1. The van der Waals surface area contributed by atoms with Crippen molar-refractivity contribution < 1.29 is 9.47 Å². The van der Waals surface area contributed by atoms with Crippen LogP contribution in [0.1, 0.15) is 37.8 Å². The second-order valence-electron chi connectivity index (χ2n) is 4.63. The fourth-order valence-electron chi connectivity index (χ4n) is 2.11. The molecule has 0 radical (unpaired) electrons. The van der Waals surface area contributed by atoms with Crippen molar-refractivity contribution in [2.45, 2.75) is 38.3 Å². The fraction of sp³-hybridized carbons (Fsp3) is 0.571. The summed E-state index contributed by atoms with van der Waals surface area (Å²) in [5.41, 5.74) is 6.97. The Labute approximate surface area is 103 Å². The molecule has 94 valence electrons. The van der Waals surface area contributed by atoms with Crippen molar-refractivity contribution in [2.75, 3.05) is 13.2 Å². The molecule has 1 saturated heterocycles. The molecule has 3 heteroatoms. The molecule has 1 aromatic rings. The third kappa shape index (κ3) is 3.45. The first-order valence-electron chi connectivity index (χ1n) is 6.36. The van der Waals surface area contributed by atoms with Crippen LogP contribution in [-0.4, -0.2) is 19.3 Å². The van der Waals surface area contributed by atoms with E-state index < -0.39 is 0 Å². The molecule has 2 N–H and O–H groups in total. The van der Waals surface area contributed by atoms with E-state index >= 15 is 0 Å². The van der Waals surface area contributed by atoms with Crippen LogP contribution < -0.4 is 10.5 Å². The molecule has 0 saturated carbocycles. The summed E-state index contributed by atoms with van der Waals surface area (Å²) in [6.07, 6.45) is 3.75. The van der Waals surface area contributed by atoms with Gasteiger partial charge in [0.15, 0.2) is 0 Å². The molecular formula is C14H21NO2. The van der Waals surface area contributed by atoms with Gasteiger partial charge in [-0.15, -0.1) is 0 Å². The highest BCUT2D eigenvalue weighted by molar-refractivity contribution is 5.35. The monoisotopic (exact) mass is 235 g/mol. The third-order valence-corrected chi connectivity index (χ3v) is 3.11. The summed E-state index contributed by atoms with van der Waals surface area (Å²) in [5.74, 6) is 0.886. The first-order chi connectivity index (χ1) is 8.27. The maximum atomic E-state index is 5.91. The van der Waals surface area contributed by atoms with Gasteiger partial charge in [0.25, 0.3) is 0 Å². The predicted molar refractivity (Wildman–Crippen MR) is 68.1 cm³/mol. The van der Waals surface area contributed by atoms with Crippen LogP contribution in [0, 0.1) is 0 Å². The SMILES string of the molecule is C[C@H](N)c1ccccc1OCC1CCCCO1. The maximum absolute atomic E-state index is 5.91. The van der Waals surface area contributed by atoms with Crippen molar-refractivity contribution in [2.24, 2.45) is 5.73 Å². The Balaban J connectivity index is 1.93. The zero-order valence-corrected chi connectivity index (χ0v) is 10.4. The van der Waals surface area contributed by atoms with E-state index in [4.69, 9.17) is 15.2 Å². The minimum Gasteiger partial charge on any atom is -0.491 e. The second-order valence-corrected chi connectivity index (χ2v) is 4.63. The smallest absolute Gasteiger partial charge is 0.124 e. The van der Waals surface area contributed by atoms with Gasteiger partial charge in [-0.2, -0.15) is 0 Å². The summed E-state index contributed by atoms with van der Waals surface area (Å²) in [6, 6.07) is 7.95. The van der Waals surface area contributed by atoms with Gasteiger partial charge in [-0.25, -0.2) is 0 Å². The summed E-state index contributed by atoms with van der Waals surface area (Å²) >= 11 is 0. The average molecular weight is 235 g/mol. The van der Waals surface area contributed by atoms with Crippen LogP contribution in [0.2, 0.25) is 0 Å². The Bertz CT molecular complexity index is 346. The molecule has 1 heterocycles. The van der Waals surface area contributed by atoms with Gasteiger partial charge in [0.1, 0.15) is 12.4 Å². The number of para-hydroxylation sites is 1. The molecule has 1 fully saturated rings. The lowest BCUT2D eigenvalue weighted by Crippen LogP contribution is -2.26. The van der Waals surface area contributed by atoms with Crippen molar-refractivity contribution >= 4 is 0 Å². The third-order valence-electron chi connectivity index (χ3n) is 3.11. The van der Waals surface area contributed by atoms with Crippen LogP contribution >= 0.6 is 0 Å². The van der Waals surface area contributed by atoms with Crippen LogP contribution in [0.15, 0.2) is 24.3 Å². The summed E-state index contributed by atoms with van der Waals surface area (Å²) in [6.45, 7) is 3.46. The summed E-state index contributed by atoms with van der Waals surface area (Å²) in [7, 11) is 0. The quantitative estimate of drug-likeness (QED) is 0.872. The number of hydrogen-bond donors (Lipinski definition) is 1. The van der Waals surface area contributed by atoms with Gasteiger partial charge in [0, 0.05) is 18.2 Å². The first-order valence-corrected chi connectivity index (χ1v) is 6.36. The number of nitrogens with two attached hydrogens (primary N) is 1. The molecule has 0 bridgehead atoms. The van der Waals surface area contributed by atoms with Crippen molar-refractivity contribution in [1.82, 2.24) is 0 Å². The molecule has 1 unspecified atom stereocenters. The van der Waals surface area contributed by atoms with Crippen LogP contribution in [0.5, 0.6) is 5.75 Å². The van der Waals surface area contributed by atoms with Crippen molar-refractivity contribution in [1.29, 1.82) is 0 Å². The van der Waals surface area contributed by atoms with Gasteiger partial charge in [-0.05, 0) is 32.3 Å². The van der Waals surface area contributed by atoms with E-state index in [1.165, 1.54) is 12.8 Å². The zero-order valence-electron chi connectivity index (χ0n) is 10.4. The number of hydrogen-bond acceptors (Lipinski definition) is 3. The molecule has 0 aromatic heterocycles. The highest BCUT2D eigenvalue weighted by Crippen LogP contribution is 2.24. The summed E-state index contributed by atoms with van der Waals surface area (Å²) in [4.78, 5) is 0. The summed E-state index contributed by atoms with van der Waals surface area (Å²) < 4.78 is 11.5. The molecular weight excluding hydrogens is 214 g/mol. The minimum absolute atomic E-state index is 0.00141. The Hall–Kier alpha value is -1.06. The average Bonchev–Trinajstić information content (AvgIpc) is 2.38. The molecule has 0 amide bonds. The van der Waals surface area contributed by atoms with Crippen LogP contribution in [0.4, 0.5) is 0 Å². The molecule has 1 aliphatic rings. The molecule has 0 aliphatic carbocycles. The van der Waals surface area contributed by atoms with Gasteiger partial charge in [0.2, 0.25) is 0 Å². The van der Waals surface area contributed by atoms with E-state index in [2.05, 4.69) is 0 Å². The van der Waals surface area contributed by atoms with Gasteiger partial charge in [-0.1, -0.05) is 18.2 Å². The molecule has 17 heavy (non-hydrogen) atoms. The number of benzene rings is 1. The second kappa shape index (κ2) is 6.03. The number of rotatable bonds is 4. The van der Waals surface area contributed by atoms with E-state index in [1.807, 2.05) is 31.2 Å². The molecule has 1 aliphatic heterocycles. The Kier molecular flexibility index (Phi) is 4.40. The van der Waals surface area contributed by atoms with Crippen molar-refractivity contribution in [3.05, 3.63) is 29.8 Å². The number of ether oxygens (including phenoxy) is 2. The Morgan fingerprint density at radius 1 is 1.41 bits per heavy atom. The van der Waals surface area contributed by atoms with Crippen LogP contribution in [0.25, 0.3) is 0 Å². The highest BCUT2D eigenvalue weighted by atomic mass is 16.5. The van der Waals surface area contributed by atoms with Crippen molar-refractivity contribution in [3.8, 4) is 5.75 Å². The lowest BCUT2D eigenvalue weighted by molar-refractivity contribution is -0.0112. The fourth-order valence-corrected chi connectivity index (χ4v) is 2.11.